The van der Waals surface area contributed by atoms with Crippen molar-refractivity contribution in [1.29, 1.82) is 0 Å². The molecule has 0 unspecified atom stereocenters. The second-order valence-electron chi connectivity index (χ2n) is 4.48. The first-order chi connectivity index (χ1) is 10.8. The molecular weight excluding hydrogens is 314 g/mol. The molecule has 0 radical (unpaired) electrons. The molecule has 3 rings (SSSR count). The van der Waals surface area contributed by atoms with E-state index < -0.39 is 0 Å². The minimum Gasteiger partial charge on any atom is -0.273 e. The maximum Gasteiger partial charge on any atom is 0.246 e. The van der Waals surface area contributed by atoms with Crippen molar-refractivity contribution >= 4 is 34.8 Å². The third kappa shape index (κ3) is 3.87. The molecule has 3 aromatic rings. The van der Waals surface area contributed by atoms with E-state index in [2.05, 4.69) is 15.5 Å². The lowest BCUT2D eigenvalue weighted by Gasteiger charge is -1.96. The van der Waals surface area contributed by atoms with Gasteiger partial charge in [0.05, 0.1) is 18.3 Å². The van der Waals surface area contributed by atoms with Crippen LogP contribution >= 0.6 is 22.7 Å². The van der Waals surface area contributed by atoms with Crippen molar-refractivity contribution in [3.63, 3.8) is 0 Å². The quantitative estimate of drug-likeness (QED) is 0.575. The van der Waals surface area contributed by atoms with E-state index >= 15 is 0 Å². The zero-order valence-corrected chi connectivity index (χ0v) is 13.2. The third-order valence-corrected chi connectivity index (χ3v) is 4.51. The third-order valence-electron chi connectivity index (χ3n) is 2.86. The van der Waals surface area contributed by atoms with Gasteiger partial charge in [-0.2, -0.15) is 5.10 Å². The molecular formula is C16H13N3OS2. The number of hydrogen-bond acceptors (Lipinski definition) is 5. The number of nitrogens with zero attached hydrogens (tertiary/aromatic N) is 2. The first-order valence-electron chi connectivity index (χ1n) is 6.66. The molecule has 0 atom stereocenters. The molecule has 110 valence electrons. The molecule has 0 saturated heterocycles. The van der Waals surface area contributed by atoms with Gasteiger partial charge in [0.1, 0.15) is 5.01 Å². The topological polar surface area (TPSA) is 54.4 Å². The van der Waals surface area contributed by atoms with Crippen LogP contribution in [0.1, 0.15) is 9.88 Å². The van der Waals surface area contributed by atoms with Gasteiger partial charge in [-0.3, -0.25) is 4.79 Å². The van der Waals surface area contributed by atoms with Crippen molar-refractivity contribution in [2.45, 2.75) is 6.42 Å². The van der Waals surface area contributed by atoms with Crippen LogP contribution in [0, 0.1) is 0 Å². The molecule has 22 heavy (non-hydrogen) atoms. The Kier molecular flexibility index (Phi) is 4.72. The Morgan fingerprint density at radius 2 is 2.05 bits per heavy atom. The minimum atomic E-state index is -0.165. The van der Waals surface area contributed by atoms with Crippen LogP contribution in [0.5, 0.6) is 0 Å². The molecule has 4 nitrogen and oxygen atoms in total. The predicted octanol–water partition coefficient (Wildman–Crippen LogP) is 3.56. The highest BCUT2D eigenvalue weighted by atomic mass is 32.1. The standard InChI is InChI=1S/C16H13N3OS2/c20-15(19-17-10-13-7-4-8-21-13)9-16-18-14(11-22-16)12-5-2-1-3-6-12/h1-8,10-11H,9H2,(H,19,20)/b17-10-. The molecule has 2 aromatic heterocycles. The summed E-state index contributed by atoms with van der Waals surface area (Å²) < 4.78 is 0. The molecule has 0 fully saturated rings. The highest BCUT2D eigenvalue weighted by Gasteiger charge is 2.08. The van der Waals surface area contributed by atoms with Gasteiger partial charge in [-0.25, -0.2) is 10.4 Å². The van der Waals surface area contributed by atoms with E-state index in [-0.39, 0.29) is 12.3 Å². The number of thiophene rings is 1. The second-order valence-corrected chi connectivity index (χ2v) is 6.40. The van der Waals surface area contributed by atoms with Gasteiger partial charge in [0.2, 0.25) is 5.91 Å². The smallest absolute Gasteiger partial charge is 0.246 e. The van der Waals surface area contributed by atoms with Crippen LogP contribution < -0.4 is 5.43 Å². The predicted molar refractivity (Wildman–Crippen MR) is 91.3 cm³/mol. The van der Waals surface area contributed by atoms with Crippen LogP contribution in [0.3, 0.4) is 0 Å². The Morgan fingerprint density at radius 3 is 2.82 bits per heavy atom. The summed E-state index contributed by atoms with van der Waals surface area (Å²) in [7, 11) is 0. The number of benzene rings is 1. The number of carbonyl (C=O) groups excluding carboxylic acids is 1. The monoisotopic (exact) mass is 327 g/mol. The highest BCUT2D eigenvalue weighted by Crippen LogP contribution is 2.21. The van der Waals surface area contributed by atoms with E-state index in [0.29, 0.717) is 0 Å². The molecule has 0 aliphatic rings. The molecule has 1 N–H and O–H groups in total. The van der Waals surface area contributed by atoms with Crippen molar-refractivity contribution < 1.29 is 4.79 Å². The van der Waals surface area contributed by atoms with Gasteiger partial charge in [0, 0.05) is 15.8 Å². The summed E-state index contributed by atoms with van der Waals surface area (Å²) in [6.07, 6.45) is 1.87. The lowest BCUT2D eigenvalue weighted by Crippen LogP contribution is -2.19. The molecule has 1 aromatic carbocycles. The minimum absolute atomic E-state index is 0.165. The molecule has 1 amide bonds. The number of hydrogen-bond donors (Lipinski definition) is 1. The summed E-state index contributed by atoms with van der Waals surface area (Å²) in [5, 5.41) is 8.65. The fourth-order valence-corrected chi connectivity index (χ4v) is 3.23. The fraction of sp³-hybridized carbons (Fsp3) is 0.0625. The molecule has 0 aliphatic heterocycles. The number of nitrogens with one attached hydrogen (secondary N) is 1. The summed E-state index contributed by atoms with van der Waals surface area (Å²) in [5.74, 6) is -0.165. The maximum absolute atomic E-state index is 11.8. The van der Waals surface area contributed by atoms with Crippen LogP contribution in [0.25, 0.3) is 11.3 Å². The van der Waals surface area contributed by atoms with E-state index in [9.17, 15) is 4.79 Å². The SMILES string of the molecule is O=C(Cc1nc(-c2ccccc2)cs1)N/N=C\c1cccs1. The zero-order valence-electron chi connectivity index (χ0n) is 11.6. The van der Waals surface area contributed by atoms with E-state index in [1.807, 2.05) is 53.2 Å². The van der Waals surface area contributed by atoms with E-state index in [4.69, 9.17) is 0 Å². The van der Waals surface area contributed by atoms with Gasteiger partial charge in [0.25, 0.3) is 0 Å². The van der Waals surface area contributed by atoms with Gasteiger partial charge in [-0.05, 0) is 11.4 Å². The summed E-state index contributed by atoms with van der Waals surface area (Å²) in [4.78, 5) is 17.3. The van der Waals surface area contributed by atoms with Crippen molar-refractivity contribution in [2.24, 2.45) is 5.10 Å². The fourth-order valence-electron chi connectivity index (χ4n) is 1.84. The van der Waals surface area contributed by atoms with Gasteiger partial charge in [0.15, 0.2) is 0 Å². The molecule has 0 aliphatic carbocycles. The summed E-state index contributed by atoms with van der Waals surface area (Å²) >= 11 is 3.05. The van der Waals surface area contributed by atoms with Crippen LogP contribution in [0.2, 0.25) is 0 Å². The van der Waals surface area contributed by atoms with Crippen molar-refractivity contribution in [1.82, 2.24) is 10.4 Å². The first-order valence-corrected chi connectivity index (χ1v) is 8.42. The van der Waals surface area contributed by atoms with Crippen LogP contribution in [0.4, 0.5) is 0 Å². The average molecular weight is 327 g/mol. The Hall–Kier alpha value is -2.31. The Labute approximate surface area is 136 Å². The Balaban J connectivity index is 1.57. The molecule has 0 spiro atoms. The lowest BCUT2D eigenvalue weighted by molar-refractivity contribution is -0.120. The highest BCUT2D eigenvalue weighted by molar-refractivity contribution is 7.11. The van der Waals surface area contributed by atoms with Crippen molar-refractivity contribution in [3.8, 4) is 11.3 Å². The maximum atomic E-state index is 11.8. The normalized spacial score (nSPS) is 10.9. The number of thiazole rings is 1. The second kappa shape index (κ2) is 7.11. The van der Waals surface area contributed by atoms with Gasteiger partial charge < -0.3 is 0 Å². The summed E-state index contributed by atoms with van der Waals surface area (Å²) in [6, 6.07) is 13.8. The van der Waals surface area contributed by atoms with Crippen LogP contribution in [-0.4, -0.2) is 17.1 Å². The van der Waals surface area contributed by atoms with Gasteiger partial charge >= 0.3 is 0 Å². The number of rotatable bonds is 5. The first kappa shape index (κ1) is 14.6. The van der Waals surface area contributed by atoms with Gasteiger partial charge in [-0.15, -0.1) is 22.7 Å². The average Bonchev–Trinajstić information content (AvgIpc) is 3.20. The molecule has 6 heteroatoms. The van der Waals surface area contributed by atoms with Crippen molar-refractivity contribution in [2.75, 3.05) is 0 Å². The lowest BCUT2D eigenvalue weighted by atomic mass is 10.2. The van der Waals surface area contributed by atoms with E-state index in [0.717, 1.165) is 21.1 Å². The Morgan fingerprint density at radius 1 is 1.18 bits per heavy atom. The zero-order chi connectivity index (χ0) is 15.2. The number of hydrazone groups is 1. The van der Waals surface area contributed by atoms with Gasteiger partial charge in [-0.1, -0.05) is 36.4 Å². The number of aromatic nitrogens is 1. The molecule has 2 heterocycles. The molecule has 0 bridgehead atoms. The number of carbonyl (C=O) groups is 1. The van der Waals surface area contributed by atoms with Crippen LogP contribution in [0.15, 0.2) is 58.3 Å². The Bertz CT molecular complexity index is 764. The van der Waals surface area contributed by atoms with E-state index in [1.165, 1.54) is 11.3 Å². The largest absolute Gasteiger partial charge is 0.273 e. The van der Waals surface area contributed by atoms with E-state index in [1.54, 1.807) is 17.6 Å². The van der Waals surface area contributed by atoms with Crippen LogP contribution in [-0.2, 0) is 11.2 Å². The molecule has 0 saturated carbocycles. The summed E-state index contributed by atoms with van der Waals surface area (Å²) in [5.41, 5.74) is 4.48. The van der Waals surface area contributed by atoms with Crippen molar-refractivity contribution in [3.05, 3.63) is 63.1 Å². The number of amides is 1. The summed E-state index contributed by atoms with van der Waals surface area (Å²) in [6.45, 7) is 0.